The molecule has 8 N–H and O–H groups in total. The lowest BCUT2D eigenvalue weighted by Crippen LogP contribution is -2.58. The van der Waals surface area contributed by atoms with E-state index in [1.54, 1.807) is 25.1 Å². The van der Waals surface area contributed by atoms with Crippen molar-refractivity contribution in [2.24, 2.45) is 0 Å². The summed E-state index contributed by atoms with van der Waals surface area (Å²) in [5.74, 6) is 5.48. The van der Waals surface area contributed by atoms with E-state index in [0.717, 1.165) is 0 Å². The molecule has 2 aliphatic heterocycles. The average Bonchev–Trinajstić information content (AvgIpc) is 2.76. The van der Waals surface area contributed by atoms with Crippen molar-refractivity contribution in [3.63, 3.8) is 0 Å². The lowest BCUT2D eigenvalue weighted by Gasteiger charge is -2.40. The minimum absolute atomic E-state index is 0.516. The highest BCUT2D eigenvalue weighted by Gasteiger charge is 2.44. The van der Waals surface area contributed by atoms with Crippen molar-refractivity contribution in [2.45, 2.75) is 68.0 Å². The standard InChI is InChI=1S/C21H28O10/c1-9-6-10(3-5-12-15(24)18(27)16(25)13(7-22)30-12)2-4-11(9)21-20(29)19(28)17(26)14(8-23)31-21/h2,4,6,12-29H,7-8H2,1H3/t12-,13-,14-,15-,16-,17-,18-,19+,20+,21-/m1/s1. The van der Waals surface area contributed by atoms with Gasteiger partial charge in [-0.05, 0) is 30.2 Å². The fraction of sp³-hybridized carbons (Fsp3) is 0.619. The van der Waals surface area contributed by atoms with Crippen LogP contribution in [-0.2, 0) is 9.47 Å². The second-order valence-corrected chi connectivity index (χ2v) is 7.84. The Labute approximate surface area is 178 Å². The van der Waals surface area contributed by atoms with Gasteiger partial charge in [-0.1, -0.05) is 17.9 Å². The van der Waals surface area contributed by atoms with Gasteiger partial charge in [-0.25, -0.2) is 0 Å². The van der Waals surface area contributed by atoms with Gasteiger partial charge in [-0.15, -0.1) is 0 Å². The van der Waals surface area contributed by atoms with Gasteiger partial charge in [-0.3, -0.25) is 0 Å². The van der Waals surface area contributed by atoms with Crippen LogP contribution >= 0.6 is 0 Å². The minimum atomic E-state index is -1.51. The average molecular weight is 440 g/mol. The lowest BCUT2D eigenvalue weighted by atomic mass is 9.89. The number of rotatable bonds is 3. The summed E-state index contributed by atoms with van der Waals surface area (Å²) in [5, 5.41) is 78.6. The summed E-state index contributed by atoms with van der Waals surface area (Å²) in [7, 11) is 0. The third-order valence-electron chi connectivity index (χ3n) is 5.72. The molecule has 2 fully saturated rings. The molecule has 0 aliphatic carbocycles. The monoisotopic (exact) mass is 440 g/mol. The molecule has 0 radical (unpaired) electrons. The highest BCUT2D eigenvalue weighted by atomic mass is 16.5. The summed E-state index contributed by atoms with van der Waals surface area (Å²) in [6, 6.07) is 4.91. The lowest BCUT2D eigenvalue weighted by molar-refractivity contribution is -0.231. The molecule has 2 saturated heterocycles. The van der Waals surface area contributed by atoms with Gasteiger partial charge in [0, 0.05) is 5.56 Å². The molecule has 2 heterocycles. The third-order valence-corrected chi connectivity index (χ3v) is 5.72. The Hall–Kier alpha value is -1.62. The molecule has 3 rings (SSSR count). The number of hydrogen-bond donors (Lipinski definition) is 8. The molecular formula is C21H28O10. The summed E-state index contributed by atoms with van der Waals surface area (Å²) >= 11 is 0. The van der Waals surface area contributed by atoms with Gasteiger partial charge in [0.05, 0.1) is 13.2 Å². The van der Waals surface area contributed by atoms with E-state index in [-0.39, 0.29) is 0 Å². The van der Waals surface area contributed by atoms with Crippen molar-refractivity contribution in [1.82, 2.24) is 0 Å². The van der Waals surface area contributed by atoms with Gasteiger partial charge in [0.2, 0.25) is 0 Å². The fourth-order valence-corrected chi connectivity index (χ4v) is 3.81. The number of aliphatic hydroxyl groups is 8. The van der Waals surface area contributed by atoms with Crippen LogP contribution in [0, 0.1) is 18.8 Å². The Kier molecular flexibility index (Phi) is 7.67. The van der Waals surface area contributed by atoms with E-state index in [9.17, 15) is 40.9 Å². The van der Waals surface area contributed by atoms with E-state index in [2.05, 4.69) is 11.8 Å². The van der Waals surface area contributed by atoms with E-state index in [1.807, 2.05) is 0 Å². The molecule has 10 atom stereocenters. The molecule has 31 heavy (non-hydrogen) atoms. The van der Waals surface area contributed by atoms with Crippen molar-refractivity contribution in [1.29, 1.82) is 0 Å². The van der Waals surface area contributed by atoms with Gasteiger partial charge >= 0.3 is 0 Å². The van der Waals surface area contributed by atoms with E-state index >= 15 is 0 Å². The fourth-order valence-electron chi connectivity index (χ4n) is 3.81. The normalized spacial score (nSPS) is 40.8. The maximum absolute atomic E-state index is 10.3. The van der Waals surface area contributed by atoms with Crippen LogP contribution in [0.3, 0.4) is 0 Å². The van der Waals surface area contributed by atoms with Crippen LogP contribution in [0.1, 0.15) is 22.8 Å². The summed E-state index contributed by atoms with van der Waals surface area (Å²) in [4.78, 5) is 0. The Morgan fingerprint density at radius 3 is 1.94 bits per heavy atom. The zero-order valence-corrected chi connectivity index (χ0v) is 16.8. The van der Waals surface area contributed by atoms with Crippen molar-refractivity contribution >= 4 is 0 Å². The maximum Gasteiger partial charge on any atom is 0.147 e. The molecule has 10 nitrogen and oxygen atoms in total. The van der Waals surface area contributed by atoms with Gasteiger partial charge in [0.1, 0.15) is 61.0 Å². The molecule has 172 valence electrons. The number of ether oxygens (including phenoxy) is 2. The number of benzene rings is 1. The van der Waals surface area contributed by atoms with Crippen LogP contribution in [0.4, 0.5) is 0 Å². The van der Waals surface area contributed by atoms with Crippen LogP contribution in [-0.4, -0.2) is 109 Å². The maximum atomic E-state index is 10.3. The van der Waals surface area contributed by atoms with Gasteiger partial charge in [-0.2, -0.15) is 0 Å². The molecule has 0 aromatic heterocycles. The zero-order valence-electron chi connectivity index (χ0n) is 16.8. The SMILES string of the molecule is Cc1cc(C#C[C@H]2O[C@H](CO)[C@@H](O)[C@H](O)[C@@H]2O)ccc1[C@H]1O[C@H](CO)[C@@H](O)[C@H](O)[C@@H]1O. The second-order valence-electron chi connectivity index (χ2n) is 7.84. The van der Waals surface area contributed by atoms with E-state index in [0.29, 0.717) is 16.7 Å². The van der Waals surface area contributed by atoms with Crippen molar-refractivity contribution < 1.29 is 50.3 Å². The van der Waals surface area contributed by atoms with Gasteiger partial charge < -0.3 is 50.3 Å². The zero-order chi connectivity index (χ0) is 22.9. The predicted molar refractivity (Wildman–Crippen MR) is 105 cm³/mol. The highest BCUT2D eigenvalue weighted by Crippen LogP contribution is 2.34. The van der Waals surface area contributed by atoms with E-state index in [4.69, 9.17) is 9.47 Å². The van der Waals surface area contributed by atoms with Crippen LogP contribution in [0.5, 0.6) is 0 Å². The Bertz CT molecular complexity index is 816. The number of hydrogen-bond acceptors (Lipinski definition) is 10. The summed E-state index contributed by atoms with van der Waals surface area (Å²) in [6.45, 7) is 0.662. The molecule has 1 aromatic rings. The van der Waals surface area contributed by atoms with Crippen molar-refractivity contribution in [3.8, 4) is 11.8 Å². The van der Waals surface area contributed by atoms with Crippen LogP contribution in [0.15, 0.2) is 18.2 Å². The third kappa shape index (κ3) is 4.76. The Morgan fingerprint density at radius 2 is 1.35 bits per heavy atom. The van der Waals surface area contributed by atoms with Gasteiger partial charge in [0.25, 0.3) is 0 Å². The van der Waals surface area contributed by atoms with Crippen LogP contribution in [0.25, 0.3) is 0 Å². The number of aliphatic hydroxyl groups excluding tert-OH is 8. The van der Waals surface area contributed by atoms with Crippen LogP contribution in [0.2, 0.25) is 0 Å². The molecule has 0 saturated carbocycles. The summed E-state index contributed by atoms with van der Waals surface area (Å²) in [6.07, 6.45) is -12.9. The largest absolute Gasteiger partial charge is 0.394 e. The molecule has 0 unspecified atom stereocenters. The first-order valence-electron chi connectivity index (χ1n) is 9.92. The Balaban J connectivity index is 1.79. The van der Waals surface area contributed by atoms with Crippen LogP contribution < -0.4 is 0 Å². The topological polar surface area (TPSA) is 180 Å². The first-order chi connectivity index (χ1) is 14.7. The molecule has 1 aromatic carbocycles. The smallest absolute Gasteiger partial charge is 0.147 e. The molecule has 0 bridgehead atoms. The molecule has 10 heteroatoms. The predicted octanol–water partition coefficient (Wildman–Crippen LogP) is -3.30. The minimum Gasteiger partial charge on any atom is -0.394 e. The molecule has 2 aliphatic rings. The molecule has 0 spiro atoms. The second kappa shape index (κ2) is 9.89. The molecular weight excluding hydrogens is 412 g/mol. The first-order valence-corrected chi connectivity index (χ1v) is 9.92. The van der Waals surface area contributed by atoms with E-state index < -0.39 is 74.3 Å². The van der Waals surface area contributed by atoms with E-state index in [1.165, 1.54) is 0 Å². The van der Waals surface area contributed by atoms with Crippen molar-refractivity contribution in [3.05, 3.63) is 34.9 Å². The highest BCUT2D eigenvalue weighted by molar-refractivity contribution is 5.42. The summed E-state index contributed by atoms with van der Waals surface area (Å²) < 4.78 is 10.9. The first kappa shape index (κ1) is 24.0. The van der Waals surface area contributed by atoms with Gasteiger partial charge in [0.15, 0.2) is 0 Å². The Morgan fingerprint density at radius 1 is 0.774 bits per heavy atom. The molecule has 0 amide bonds. The van der Waals surface area contributed by atoms with Crippen molar-refractivity contribution in [2.75, 3.05) is 13.2 Å². The summed E-state index contributed by atoms with van der Waals surface area (Å²) in [5.41, 5.74) is 1.71. The number of aryl methyl sites for hydroxylation is 1. The quantitative estimate of drug-likeness (QED) is 0.222.